The molecular formula is C28H27FO3S2. The van der Waals surface area contributed by atoms with Gasteiger partial charge in [-0.15, -0.1) is 0 Å². The van der Waals surface area contributed by atoms with Crippen LogP contribution in [0.25, 0.3) is 0 Å². The zero-order valence-corrected chi connectivity index (χ0v) is 20.9. The average Bonchev–Trinajstić information content (AvgIpc) is 2.81. The minimum Gasteiger partial charge on any atom is -0.744 e. The predicted octanol–water partition coefficient (Wildman–Crippen LogP) is 6.81. The van der Waals surface area contributed by atoms with Gasteiger partial charge >= 0.3 is 0 Å². The summed E-state index contributed by atoms with van der Waals surface area (Å²) in [5.41, 5.74) is 1.57. The van der Waals surface area contributed by atoms with E-state index >= 15 is 0 Å². The molecule has 176 valence electrons. The lowest BCUT2D eigenvalue weighted by Gasteiger charge is -2.19. The van der Waals surface area contributed by atoms with Crippen molar-refractivity contribution >= 4 is 21.0 Å². The largest absolute Gasteiger partial charge is 0.744 e. The number of hydrogen-bond donors (Lipinski definition) is 0. The number of hydrogen-bond acceptors (Lipinski definition) is 3. The summed E-state index contributed by atoms with van der Waals surface area (Å²) >= 11 is 0. The number of benzene rings is 4. The highest BCUT2D eigenvalue weighted by atomic mass is 32.2. The molecule has 4 aromatic rings. The van der Waals surface area contributed by atoms with Gasteiger partial charge in [-0.3, -0.25) is 0 Å². The lowest BCUT2D eigenvalue weighted by molar-refractivity contribution is 0.463. The van der Waals surface area contributed by atoms with Crippen molar-refractivity contribution in [2.75, 3.05) is 0 Å². The van der Waals surface area contributed by atoms with E-state index in [-0.39, 0.29) is 16.3 Å². The maximum absolute atomic E-state index is 12.2. The molecular weight excluding hydrogens is 467 g/mol. The monoisotopic (exact) mass is 494 g/mol. The number of rotatable bonds is 4. The van der Waals surface area contributed by atoms with Crippen molar-refractivity contribution in [3.8, 4) is 0 Å². The second-order valence-corrected chi connectivity index (χ2v) is 12.0. The van der Waals surface area contributed by atoms with Crippen molar-refractivity contribution in [1.29, 1.82) is 0 Å². The van der Waals surface area contributed by atoms with Crippen molar-refractivity contribution in [2.45, 2.75) is 45.8 Å². The molecule has 0 heterocycles. The Morgan fingerprint density at radius 1 is 0.647 bits per heavy atom. The van der Waals surface area contributed by atoms with Gasteiger partial charge in [0.05, 0.1) is 15.8 Å². The van der Waals surface area contributed by atoms with Crippen LogP contribution in [-0.4, -0.2) is 13.0 Å². The fourth-order valence-electron chi connectivity index (χ4n) is 3.21. The fourth-order valence-corrected chi connectivity index (χ4v) is 5.77. The molecule has 0 radical (unpaired) electrons. The Morgan fingerprint density at radius 2 is 1.06 bits per heavy atom. The van der Waals surface area contributed by atoms with Crippen molar-refractivity contribution in [3.05, 3.63) is 121 Å². The van der Waals surface area contributed by atoms with Gasteiger partial charge < -0.3 is 4.55 Å². The van der Waals surface area contributed by atoms with E-state index in [0.717, 1.165) is 24.3 Å². The van der Waals surface area contributed by atoms with E-state index in [1.54, 1.807) is 0 Å². The Hall–Kier alpha value is -2.93. The molecule has 6 heteroatoms. The number of halogens is 1. The van der Waals surface area contributed by atoms with E-state index in [1.165, 1.54) is 20.2 Å². The van der Waals surface area contributed by atoms with Crippen LogP contribution in [0.1, 0.15) is 26.3 Å². The van der Waals surface area contributed by atoms with Gasteiger partial charge in [0.15, 0.2) is 14.7 Å². The topological polar surface area (TPSA) is 57.2 Å². The summed E-state index contributed by atoms with van der Waals surface area (Å²) in [4.78, 5) is 3.68. The van der Waals surface area contributed by atoms with Crippen LogP contribution in [0.3, 0.4) is 0 Å². The molecule has 0 unspecified atom stereocenters. The molecule has 0 N–H and O–H groups in total. The molecule has 0 fully saturated rings. The highest BCUT2D eigenvalue weighted by Crippen LogP contribution is 2.32. The Kier molecular flexibility index (Phi) is 8.31. The third-order valence-corrected chi connectivity index (χ3v) is 8.10. The van der Waals surface area contributed by atoms with Gasteiger partial charge in [-0.05, 0) is 71.6 Å². The summed E-state index contributed by atoms with van der Waals surface area (Å²) in [7, 11) is -4.49. The molecule has 4 aromatic carbocycles. The molecule has 0 aromatic heterocycles. The van der Waals surface area contributed by atoms with Gasteiger partial charge in [-0.25, -0.2) is 12.8 Å². The Labute approximate surface area is 204 Å². The van der Waals surface area contributed by atoms with Crippen LogP contribution in [0.5, 0.6) is 0 Å². The van der Waals surface area contributed by atoms with Crippen LogP contribution in [0.2, 0.25) is 0 Å². The van der Waals surface area contributed by atoms with Gasteiger partial charge in [-0.1, -0.05) is 69.3 Å². The molecule has 0 saturated heterocycles. The van der Waals surface area contributed by atoms with E-state index in [9.17, 15) is 17.4 Å². The molecule has 34 heavy (non-hydrogen) atoms. The average molecular weight is 495 g/mol. The van der Waals surface area contributed by atoms with Gasteiger partial charge in [0.1, 0.15) is 15.9 Å². The van der Waals surface area contributed by atoms with E-state index in [4.69, 9.17) is 0 Å². The predicted molar refractivity (Wildman–Crippen MR) is 135 cm³/mol. The third kappa shape index (κ3) is 7.03. The van der Waals surface area contributed by atoms with Gasteiger partial charge in [0.2, 0.25) is 0 Å². The van der Waals surface area contributed by atoms with E-state index in [2.05, 4.69) is 106 Å². The minimum atomic E-state index is -4.44. The maximum Gasteiger partial charge on any atom is 0.166 e. The summed E-state index contributed by atoms with van der Waals surface area (Å²) < 4.78 is 43.0. The zero-order valence-electron chi connectivity index (χ0n) is 19.3. The Balaban J connectivity index is 0.000000248. The SMILES string of the molecule is CC(C)(C)c1ccc([S+](c2ccccc2)c2ccccc2)cc1.O=S(=O)([O-])c1ccc(F)cc1. The molecule has 0 amide bonds. The van der Waals surface area contributed by atoms with Crippen LogP contribution < -0.4 is 0 Å². The first-order chi connectivity index (χ1) is 16.1. The molecule has 0 atom stereocenters. The van der Waals surface area contributed by atoms with Crippen molar-refractivity contribution in [3.63, 3.8) is 0 Å². The minimum absolute atomic E-state index is 0.0497. The lowest BCUT2D eigenvalue weighted by Crippen LogP contribution is -2.11. The van der Waals surface area contributed by atoms with E-state index in [0.29, 0.717) is 0 Å². The zero-order chi connectivity index (χ0) is 24.8. The molecule has 0 spiro atoms. The third-order valence-electron chi connectivity index (χ3n) is 5.02. The van der Waals surface area contributed by atoms with Crippen LogP contribution >= 0.6 is 0 Å². The molecule has 3 nitrogen and oxygen atoms in total. The molecule has 0 aliphatic carbocycles. The van der Waals surface area contributed by atoms with Crippen LogP contribution in [0.15, 0.2) is 129 Å². The van der Waals surface area contributed by atoms with Crippen LogP contribution in [0.4, 0.5) is 4.39 Å². The van der Waals surface area contributed by atoms with E-state index < -0.39 is 20.8 Å². The summed E-state index contributed by atoms with van der Waals surface area (Å²) in [6.07, 6.45) is 0. The maximum atomic E-state index is 12.2. The van der Waals surface area contributed by atoms with Crippen molar-refractivity contribution in [1.82, 2.24) is 0 Å². The first kappa shape index (κ1) is 25.7. The molecule has 4 rings (SSSR count). The van der Waals surface area contributed by atoms with Crippen molar-refractivity contribution in [2.24, 2.45) is 0 Å². The van der Waals surface area contributed by atoms with E-state index in [1.807, 2.05) is 0 Å². The normalized spacial score (nSPS) is 11.6. The second-order valence-electron chi connectivity index (χ2n) is 8.61. The smallest absolute Gasteiger partial charge is 0.166 e. The Bertz CT molecular complexity index is 1240. The summed E-state index contributed by atoms with van der Waals surface area (Å²) in [5.74, 6) is -0.572. The van der Waals surface area contributed by atoms with Crippen LogP contribution in [-0.2, 0) is 26.4 Å². The lowest BCUT2D eigenvalue weighted by atomic mass is 9.87. The molecule has 0 aliphatic rings. The summed E-state index contributed by atoms with van der Waals surface area (Å²) in [5, 5.41) is 0. The van der Waals surface area contributed by atoms with Crippen LogP contribution in [0, 0.1) is 5.82 Å². The highest BCUT2D eigenvalue weighted by Gasteiger charge is 2.28. The van der Waals surface area contributed by atoms with Gasteiger partial charge in [-0.2, -0.15) is 0 Å². The first-order valence-electron chi connectivity index (χ1n) is 10.7. The quantitative estimate of drug-likeness (QED) is 0.231. The van der Waals surface area contributed by atoms with Gasteiger partial charge in [0.25, 0.3) is 0 Å². The second kappa shape index (κ2) is 11.0. The highest BCUT2D eigenvalue weighted by molar-refractivity contribution is 7.97. The van der Waals surface area contributed by atoms with Crippen molar-refractivity contribution < 1.29 is 17.4 Å². The summed E-state index contributed by atoms with van der Waals surface area (Å²) in [6, 6.07) is 34.4. The first-order valence-corrected chi connectivity index (χ1v) is 13.4. The molecule has 0 aliphatic heterocycles. The summed E-state index contributed by atoms with van der Waals surface area (Å²) in [6.45, 7) is 6.78. The standard InChI is InChI=1S/C22H23S.C6H5FO3S/c1-22(2,3)18-14-16-21(17-15-18)23(19-10-6-4-7-11-19)20-12-8-5-9-13-20;7-5-1-3-6(4-2-5)11(8,9)10/h4-17H,1-3H3;1-4H,(H,8,9,10)/q+1;/p-1. The molecule has 0 bridgehead atoms. The fraction of sp³-hybridized carbons (Fsp3) is 0.143. The van der Waals surface area contributed by atoms with Gasteiger partial charge in [0, 0.05) is 0 Å². The Morgan fingerprint density at radius 3 is 1.44 bits per heavy atom. The molecule has 0 saturated carbocycles.